The van der Waals surface area contributed by atoms with Crippen LogP contribution in [0.25, 0.3) is 0 Å². The Morgan fingerprint density at radius 2 is 1.92 bits per heavy atom. The van der Waals surface area contributed by atoms with Crippen molar-refractivity contribution in [3.05, 3.63) is 59.7 Å². The molecule has 6 nitrogen and oxygen atoms in total. The van der Waals surface area contributed by atoms with Crippen LogP contribution in [0.1, 0.15) is 11.1 Å². The van der Waals surface area contributed by atoms with E-state index in [4.69, 9.17) is 4.74 Å². The molecule has 0 aliphatic carbocycles. The predicted octanol–water partition coefficient (Wildman–Crippen LogP) is 2.24. The van der Waals surface area contributed by atoms with Crippen LogP contribution in [0, 0.1) is 0 Å². The van der Waals surface area contributed by atoms with E-state index in [0.717, 1.165) is 19.5 Å². The minimum absolute atomic E-state index is 0.194. The third kappa shape index (κ3) is 4.74. The quantitative estimate of drug-likeness (QED) is 0.743. The minimum atomic E-state index is -0.622. The Kier molecular flexibility index (Phi) is 6.09. The Morgan fingerprint density at radius 3 is 2.73 bits per heavy atom. The van der Waals surface area contributed by atoms with Crippen molar-refractivity contribution in [3.8, 4) is 5.75 Å². The molecule has 2 aromatic carbocycles. The van der Waals surface area contributed by atoms with Gasteiger partial charge in [0.15, 0.2) is 0 Å². The standard InChI is InChI=1S/C20H25N3O3/c1-26-19-9-5-4-8-18(19)22-20(25)21-12-17(24)14-23-11-10-15-6-2-3-7-16(15)13-23/h2-9,17,24H,10-14H2,1H3,(H2,21,22,25). The molecule has 2 aromatic rings. The lowest BCUT2D eigenvalue weighted by atomic mass is 10.00. The number of carbonyl (C=O) groups excluding carboxylic acids is 1. The van der Waals surface area contributed by atoms with Gasteiger partial charge in [0.2, 0.25) is 0 Å². The highest BCUT2D eigenvalue weighted by Crippen LogP contribution is 2.22. The highest BCUT2D eigenvalue weighted by atomic mass is 16.5. The van der Waals surface area contributed by atoms with E-state index in [2.05, 4.69) is 33.7 Å². The number of ether oxygens (including phenoxy) is 1. The van der Waals surface area contributed by atoms with Crippen LogP contribution in [0.15, 0.2) is 48.5 Å². The van der Waals surface area contributed by atoms with Gasteiger partial charge in [-0.05, 0) is 29.7 Å². The van der Waals surface area contributed by atoms with Crippen LogP contribution >= 0.6 is 0 Å². The maximum Gasteiger partial charge on any atom is 0.319 e. The average Bonchev–Trinajstić information content (AvgIpc) is 2.67. The molecule has 138 valence electrons. The molecule has 0 aromatic heterocycles. The van der Waals surface area contributed by atoms with Crippen molar-refractivity contribution in [3.63, 3.8) is 0 Å². The zero-order valence-corrected chi connectivity index (χ0v) is 14.9. The Bertz CT molecular complexity index is 751. The van der Waals surface area contributed by atoms with Gasteiger partial charge in [-0.1, -0.05) is 36.4 Å². The number of hydrogen-bond acceptors (Lipinski definition) is 4. The summed E-state index contributed by atoms with van der Waals surface area (Å²) in [7, 11) is 1.55. The van der Waals surface area contributed by atoms with Crippen LogP contribution in [-0.2, 0) is 13.0 Å². The number of urea groups is 1. The first-order valence-corrected chi connectivity index (χ1v) is 8.81. The van der Waals surface area contributed by atoms with Gasteiger partial charge in [-0.3, -0.25) is 4.90 Å². The predicted molar refractivity (Wildman–Crippen MR) is 101 cm³/mol. The normalized spacial score (nSPS) is 15.0. The van der Waals surface area contributed by atoms with Gasteiger partial charge in [0.25, 0.3) is 0 Å². The molecular formula is C20H25N3O3. The number of nitrogens with zero attached hydrogens (tertiary/aromatic N) is 1. The maximum absolute atomic E-state index is 12.0. The number of nitrogens with one attached hydrogen (secondary N) is 2. The topological polar surface area (TPSA) is 73.8 Å². The Morgan fingerprint density at radius 1 is 1.19 bits per heavy atom. The summed E-state index contributed by atoms with van der Waals surface area (Å²) in [6.07, 6.45) is 0.369. The molecule has 26 heavy (non-hydrogen) atoms. The van der Waals surface area contributed by atoms with E-state index in [1.165, 1.54) is 11.1 Å². The number of benzene rings is 2. The number of amides is 2. The molecule has 0 spiro atoms. The Labute approximate surface area is 153 Å². The summed E-state index contributed by atoms with van der Waals surface area (Å²) in [6, 6.07) is 15.2. The molecule has 1 unspecified atom stereocenters. The van der Waals surface area contributed by atoms with Crippen molar-refractivity contribution in [1.29, 1.82) is 0 Å². The number of fused-ring (bicyclic) bond motifs is 1. The molecule has 0 bridgehead atoms. The first-order chi connectivity index (χ1) is 12.7. The molecule has 0 saturated heterocycles. The van der Waals surface area contributed by atoms with E-state index < -0.39 is 6.10 Å². The van der Waals surface area contributed by atoms with Gasteiger partial charge in [0.05, 0.1) is 18.9 Å². The Hall–Kier alpha value is -2.57. The van der Waals surface area contributed by atoms with E-state index in [0.29, 0.717) is 18.0 Å². The number of aliphatic hydroxyl groups excluding tert-OH is 1. The maximum atomic E-state index is 12.0. The van der Waals surface area contributed by atoms with Crippen molar-refractivity contribution in [1.82, 2.24) is 10.2 Å². The number of rotatable bonds is 6. The molecule has 1 atom stereocenters. The van der Waals surface area contributed by atoms with Gasteiger partial charge >= 0.3 is 6.03 Å². The molecule has 0 fully saturated rings. The molecule has 6 heteroatoms. The summed E-state index contributed by atoms with van der Waals surface area (Å²) in [4.78, 5) is 14.3. The van der Waals surface area contributed by atoms with E-state index in [1.54, 1.807) is 19.2 Å². The highest BCUT2D eigenvalue weighted by molar-refractivity contribution is 5.90. The summed E-state index contributed by atoms with van der Waals surface area (Å²) in [5.74, 6) is 0.593. The van der Waals surface area contributed by atoms with Crippen LogP contribution < -0.4 is 15.4 Å². The van der Waals surface area contributed by atoms with E-state index in [9.17, 15) is 9.90 Å². The van der Waals surface area contributed by atoms with Gasteiger partial charge in [0.1, 0.15) is 5.75 Å². The average molecular weight is 355 g/mol. The van der Waals surface area contributed by atoms with E-state index in [1.807, 2.05) is 18.2 Å². The molecule has 3 N–H and O–H groups in total. The highest BCUT2D eigenvalue weighted by Gasteiger charge is 2.18. The summed E-state index contributed by atoms with van der Waals surface area (Å²) >= 11 is 0. The molecule has 1 aliphatic rings. The van der Waals surface area contributed by atoms with Gasteiger partial charge < -0.3 is 20.5 Å². The fourth-order valence-electron chi connectivity index (χ4n) is 3.20. The van der Waals surface area contributed by atoms with Gasteiger partial charge in [-0.2, -0.15) is 0 Å². The molecule has 2 amide bonds. The van der Waals surface area contributed by atoms with Crippen LogP contribution in [-0.4, -0.2) is 48.9 Å². The minimum Gasteiger partial charge on any atom is -0.495 e. The van der Waals surface area contributed by atoms with Crippen molar-refractivity contribution in [2.45, 2.75) is 19.1 Å². The second-order valence-corrected chi connectivity index (χ2v) is 6.44. The summed E-state index contributed by atoms with van der Waals surface area (Å²) < 4.78 is 5.20. The lowest BCUT2D eigenvalue weighted by Crippen LogP contribution is -2.43. The second kappa shape index (κ2) is 8.69. The SMILES string of the molecule is COc1ccccc1NC(=O)NCC(O)CN1CCc2ccccc2C1. The van der Waals surface area contributed by atoms with Crippen molar-refractivity contribution >= 4 is 11.7 Å². The molecule has 3 rings (SSSR count). The lowest BCUT2D eigenvalue weighted by Gasteiger charge is -2.30. The number of aliphatic hydroxyl groups is 1. The zero-order valence-electron chi connectivity index (χ0n) is 14.9. The number of β-amino-alcohol motifs (C(OH)–C–C–N with tert-alkyl or cyclic N) is 1. The fourth-order valence-corrected chi connectivity index (χ4v) is 3.20. The lowest BCUT2D eigenvalue weighted by molar-refractivity contribution is 0.106. The van der Waals surface area contributed by atoms with Crippen LogP contribution in [0.4, 0.5) is 10.5 Å². The van der Waals surface area contributed by atoms with E-state index in [-0.39, 0.29) is 12.6 Å². The Balaban J connectivity index is 1.44. The number of para-hydroxylation sites is 2. The van der Waals surface area contributed by atoms with Crippen molar-refractivity contribution in [2.24, 2.45) is 0 Å². The van der Waals surface area contributed by atoms with Crippen LogP contribution in [0.3, 0.4) is 0 Å². The fraction of sp³-hybridized carbons (Fsp3) is 0.350. The van der Waals surface area contributed by atoms with Crippen molar-refractivity contribution in [2.75, 3.05) is 32.1 Å². The third-order valence-corrected chi connectivity index (χ3v) is 4.53. The van der Waals surface area contributed by atoms with Gasteiger partial charge in [0, 0.05) is 26.2 Å². The smallest absolute Gasteiger partial charge is 0.319 e. The number of carbonyl (C=O) groups is 1. The number of anilines is 1. The van der Waals surface area contributed by atoms with Gasteiger partial charge in [-0.25, -0.2) is 4.79 Å². The molecule has 1 aliphatic heterocycles. The second-order valence-electron chi connectivity index (χ2n) is 6.44. The third-order valence-electron chi connectivity index (χ3n) is 4.53. The van der Waals surface area contributed by atoms with E-state index >= 15 is 0 Å². The summed E-state index contributed by atoms with van der Waals surface area (Å²) in [6.45, 7) is 2.48. The number of methoxy groups -OCH3 is 1. The molecule has 0 saturated carbocycles. The summed E-state index contributed by atoms with van der Waals surface area (Å²) in [5, 5.41) is 15.7. The zero-order chi connectivity index (χ0) is 18.4. The summed E-state index contributed by atoms with van der Waals surface area (Å²) in [5.41, 5.74) is 3.29. The molecular weight excluding hydrogens is 330 g/mol. The largest absolute Gasteiger partial charge is 0.495 e. The van der Waals surface area contributed by atoms with Crippen LogP contribution in [0.5, 0.6) is 5.75 Å². The first-order valence-electron chi connectivity index (χ1n) is 8.81. The van der Waals surface area contributed by atoms with Crippen LogP contribution in [0.2, 0.25) is 0 Å². The monoisotopic (exact) mass is 355 g/mol. The molecule has 1 heterocycles. The molecule has 0 radical (unpaired) electrons. The first kappa shape index (κ1) is 18.2. The van der Waals surface area contributed by atoms with Crippen molar-refractivity contribution < 1.29 is 14.6 Å². The van der Waals surface area contributed by atoms with Gasteiger partial charge in [-0.15, -0.1) is 0 Å². The number of hydrogen-bond donors (Lipinski definition) is 3.